The Morgan fingerprint density at radius 1 is 1.33 bits per heavy atom. The van der Waals surface area contributed by atoms with Crippen molar-refractivity contribution in [2.75, 3.05) is 0 Å². The van der Waals surface area contributed by atoms with Crippen molar-refractivity contribution in [2.24, 2.45) is 0 Å². The molecule has 0 saturated carbocycles. The summed E-state index contributed by atoms with van der Waals surface area (Å²) in [5.74, 6) is 0.378. The van der Waals surface area contributed by atoms with E-state index in [1.54, 1.807) is 23.5 Å². The van der Waals surface area contributed by atoms with Gasteiger partial charge in [0.1, 0.15) is 0 Å². The summed E-state index contributed by atoms with van der Waals surface area (Å²) in [6.07, 6.45) is 0. The lowest BCUT2D eigenvalue weighted by atomic mass is 10.2. The molecule has 4 heteroatoms. The summed E-state index contributed by atoms with van der Waals surface area (Å²) in [5.41, 5.74) is 1.60. The standard InChI is InChI=1S/C14H16N2OS/c1-10(2)14-16-12(9-18-14)8-15-13(17)11-6-4-3-5-7-11/h3-7,9-10H,8H2,1-2H3,(H,15,17). The molecule has 0 saturated heterocycles. The molecule has 0 spiro atoms. The number of hydrogen-bond donors (Lipinski definition) is 1. The summed E-state index contributed by atoms with van der Waals surface area (Å²) in [6.45, 7) is 4.72. The summed E-state index contributed by atoms with van der Waals surface area (Å²) in [5, 5.41) is 5.98. The molecule has 0 atom stereocenters. The Kier molecular flexibility index (Phi) is 4.10. The van der Waals surface area contributed by atoms with Crippen LogP contribution in [0.4, 0.5) is 0 Å². The van der Waals surface area contributed by atoms with Gasteiger partial charge in [0, 0.05) is 16.9 Å². The topological polar surface area (TPSA) is 42.0 Å². The second-order valence-corrected chi connectivity index (χ2v) is 5.27. The summed E-state index contributed by atoms with van der Waals surface area (Å²) in [4.78, 5) is 16.3. The van der Waals surface area contributed by atoms with E-state index in [4.69, 9.17) is 0 Å². The summed E-state index contributed by atoms with van der Waals surface area (Å²) in [6, 6.07) is 9.21. The quantitative estimate of drug-likeness (QED) is 0.917. The number of thiazole rings is 1. The Morgan fingerprint density at radius 3 is 2.67 bits per heavy atom. The van der Waals surface area contributed by atoms with Crippen LogP contribution in [0.3, 0.4) is 0 Å². The lowest BCUT2D eigenvalue weighted by Gasteiger charge is -2.03. The molecule has 0 unspecified atom stereocenters. The molecule has 0 aliphatic heterocycles. The molecule has 0 radical (unpaired) electrons. The fraction of sp³-hybridized carbons (Fsp3) is 0.286. The average molecular weight is 260 g/mol. The molecule has 0 aliphatic carbocycles. The van der Waals surface area contributed by atoms with Gasteiger partial charge >= 0.3 is 0 Å². The van der Waals surface area contributed by atoms with Gasteiger partial charge in [0.25, 0.3) is 5.91 Å². The number of aromatic nitrogens is 1. The van der Waals surface area contributed by atoms with Crippen LogP contribution in [0.2, 0.25) is 0 Å². The van der Waals surface area contributed by atoms with E-state index in [2.05, 4.69) is 24.1 Å². The Labute approximate surface area is 111 Å². The molecule has 3 nitrogen and oxygen atoms in total. The van der Waals surface area contributed by atoms with Crippen LogP contribution in [-0.4, -0.2) is 10.9 Å². The van der Waals surface area contributed by atoms with E-state index >= 15 is 0 Å². The molecule has 2 aromatic rings. The maximum atomic E-state index is 11.8. The molecule has 0 bridgehead atoms. The third kappa shape index (κ3) is 3.17. The van der Waals surface area contributed by atoms with Crippen molar-refractivity contribution in [3.63, 3.8) is 0 Å². The van der Waals surface area contributed by atoms with E-state index in [0.29, 0.717) is 18.0 Å². The number of hydrogen-bond acceptors (Lipinski definition) is 3. The zero-order valence-electron chi connectivity index (χ0n) is 10.5. The van der Waals surface area contributed by atoms with Gasteiger partial charge in [-0.2, -0.15) is 0 Å². The van der Waals surface area contributed by atoms with Gasteiger partial charge in [-0.1, -0.05) is 32.0 Å². The van der Waals surface area contributed by atoms with Crippen LogP contribution in [0.5, 0.6) is 0 Å². The minimum atomic E-state index is -0.0605. The zero-order valence-corrected chi connectivity index (χ0v) is 11.3. The lowest BCUT2D eigenvalue weighted by molar-refractivity contribution is 0.0950. The highest BCUT2D eigenvalue weighted by Crippen LogP contribution is 2.18. The first kappa shape index (κ1) is 12.8. The zero-order chi connectivity index (χ0) is 13.0. The molecule has 0 fully saturated rings. The Morgan fingerprint density at radius 2 is 2.06 bits per heavy atom. The second kappa shape index (κ2) is 5.78. The molecular weight excluding hydrogens is 244 g/mol. The number of nitrogens with one attached hydrogen (secondary N) is 1. The van der Waals surface area contributed by atoms with Crippen LogP contribution in [0.15, 0.2) is 35.7 Å². The molecular formula is C14H16N2OS. The Hall–Kier alpha value is -1.68. The van der Waals surface area contributed by atoms with E-state index < -0.39 is 0 Å². The van der Waals surface area contributed by atoms with E-state index in [9.17, 15) is 4.79 Å². The third-order valence-corrected chi connectivity index (χ3v) is 3.72. The van der Waals surface area contributed by atoms with Gasteiger partial charge in [0.15, 0.2) is 0 Å². The number of nitrogens with zero attached hydrogens (tertiary/aromatic N) is 1. The highest BCUT2D eigenvalue weighted by Gasteiger charge is 2.08. The number of amides is 1. The van der Waals surface area contributed by atoms with E-state index in [-0.39, 0.29) is 5.91 Å². The Balaban J connectivity index is 1.93. The number of rotatable bonds is 4. The van der Waals surface area contributed by atoms with E-state index in [1.807, 2.05) is 23.6 Å². The second-order valence-electron chi connectivity index (χ2n) is 4.38. The van der Waals surface area contributed by atoms with Crippen LogP contribution in [0, 0.1) is 0 Å². The van der Waals surface area contributed by atoms with E-state index in [1.165, 1.54) is 0 Å². The Bertz CT molecular complexity index is 520. The normalized spacial score (nSPS) is 10.6. The average Bonchev–Trinajstić information content (AvgIpc) is 2.86. The van der Waals surface area contributed by atoms with Gasteiger partial charge in [0.05, 0.1) is 17.2 Å². The van der Waals surface area contributed by atoms with Gasteiger partial charge in [0.2, 0.25) is 0 Å². The number of benzene rings is 1. The first-order valence-corrected chi connectivity index (χ1v) is 6.82. The van der Waals surface area contributed by atoms with Crippen molar-refractivity contribution in [1.82, 2.24) is 10.3 Å². The first-order chi connectivity index (χ1) is 8.66. The molecule has 1 aromatic carbocycles. The van der Waals surface area contributed by atoms with Crippen molar-refractivity contribution in [3.8, 4) is 0 Å². The van der Waals surface area contributed by atoms with Crippen LogP contribution < -0.4 is 5.32 Å². The molecule has 94 valence electrons. The highest BCUT2D eigenvalue weighted by molar-refractivity contribution is 7.09. The first-order valence-electron chi connectivity index (χ1n) is 5.94. The molecule has 1 amide bonds. The number of carbonyl (C=O) groups is 1. The van der Waals surface area contributed by atoms with Gasteiger partial charge in [-0.15, -0.1) is 11.3 Å². The minimum absolute atomic E-state index is 0.0605. The monoisotopic (exact) mass is 260 g/mol. The largest absolute Gasteiger partial charge is 0.346 e. The van der Waals surface area contributed by atoms with Crippen molar-refractivity contribution < 1.29 is 4.79 Å². The van der Waals surface area contributed by atoms with Crippen LogP contribution in [0.1, 0.15) is 40.8 Å². The smallest absolute Gasteiger partial charge is 0.251 e. The van der Waals surface area contributed by atoms with Crippen LogP contribution in [-0.2, 0) is 6.54 Å². The molecule has 0 aliphatic rings. The van der Waals surface area contributed by atoms with Gasteiger partial charge in [-0.05, 0) is 12.1 Å². The fourth-order valence-corrected chi connectivity index (χ4v) is 2.37. The van der Waals surface area contributed by atoms with Crippen molar-refractivity contribution >= 4 is 17.2 Å². The third-order valence-electron chi connectivity index (χ3n) is 2.53. The predicted molar refractivity (Wildman–Crippen MR) is 73.8 cm³/mol. The summed E-state index contributed by atoms with van der Waals surface area (Å²) in [7, 11) is 0. The minimum Gasteiger partial charge on any atom is -0.346 e. The van der Waals surface area contributed by atoms with Gasteiger partial charge in [-0.3, -0.25) is 4.79 Å². The number of carbonyl (C=O) groups excluding carboxylic acids is 1. The maximum absolute atomic E-state index is 11.8. The van der Waals surface area contributed by atoms with E-state index in [0.717, 1.165) is 10.7 Å². The van der Waals surface area contributed by atoms with Gasteiger partial charge in [-0.25, -0.2) is 4.98 Å². The summed E-state index contributed by atoms with van der Waals surface area (Å²) >= 11 is 1.64. The predicted octanol–water partition coefficient (Wildman–Crippen LogP) is 3.20. The van der Waals surface area contributed by atoms with Crippen molar-refractivity contribution in [3.05, 3.63) is 52.0 Å². The van der Waals surface area contributed by atoms with Crippen LogP contribution in [0.25, 0.3) is 0 Å². The lowest BCUT2D eigenvalue weighted by Crippen LogP contribution is -2.22. The molecule has 1 heterocycles. The van der Waals surface area contributed by atoms with Crippen LogP contribution >= 0.6 is 11.3 Å². The SMILES string of the molecule is CC(C)c1nc(CNC(=O)c2ccccc2)cs1. The van der Waals surface area contributed by atoms with Crippen molar-refractivity contribution in [1.29, 1.82) is 0 Å². The summed E-state index contributed by atoms with van der Waals surface area (Å²) < 4.78 is 0. The molecule has 1 aromatic heterocycles. The highest BCUT2D eigenvalue weighted by atomic mass is 32.1. The molecule has 1 N–H and O–H groups in total. The van der Waals surface area contributed by atoms with Crippen molar-refractivity contribution in [2.45, 2.75) is 26.3 Å². The van der Waals surface area contributed by atoms with Gasteiger partial charge < -0.3 is 5.32 Å². The molecule has 18 heavy (non-hydrogen) atoms. The molecule has 2 rings (SSSR count). The maximum Gasteiger partial charge on any atom is 0.251 e. The fourth-order valence-electron chi connectivity index (χ4n) is 1.53.